The normalized spacial score (nSPS) is 20.2. The highest BCUT2D eigenvalue weighted by atomic mass is 16.2. The van der Waals surface area contributed by atoms with E-state index in [1.807, 2.05) is 6.92 Å². The molecule has 1 aliphatic rings. The largest absolute Gasteiger partial charge is 0.355 e. The molecule has 1 aliphatic carbocycles. The first-order valence-corrected chi connectivity index (χ1v) is 5.66. The van der Waals surface area contributed by atoms with Gasteiger partial charge in [0.05, 0.1) is 5.54 Å². The van der Waals surface area contributed by atoms with Crippen molar-refractivity contribution in [2.24, 2.45) is 11.7 Å². The van der Waals surface area contributed by atoms with Gasteiger partial charge in [0.15, 0.2) is 0 Å². The van der Waals surface area contributed by atoms with Gasteiger partial charge in [-0.2, -0.15) is 0 Å². The standard InChI is InChI=1S/C11H22N2O/c1-3-4-5-8-13-10(14)11(2,12)9-6-7-9/h9H,3-8,12H2,1-2H3,(H,13,14). The summed E-state index contributed by atoms with van der Waals surface area (Å²) in [6.45, 7) is 4.77. The maximum Gasteiger partial charge on any atom is 0.240 e. The van der Waals surface area contributed by atoms with Crippen LogP contribution in [0.2, 0.25) is 0 Å². The van der Waals surface area contributed by atoms with Gasteiger partial charge < -0.3 is 11.1 Å². The average molecular weight is 198 g/mol. The summed E-state index contributed by atoms with van der Waals surface area (Å²) in [6.07, 6.45) is 5.62. The van der Waals surface area contributed by atoms with Crippen LogP contribution in [0.15, 0.2) is 0 Å². The Morgan fingerprint density at radius 3 is 2.64 bits per heavy atom. The van der Waals surface area contributed by atoms with Crippen molar-refractivity contribution in [3.05, 3.63) is 0 Å². The Morgan fingerprint density at radius 2 is 2.14 bits per heavy atom. The second-order valence-electron chi connectivity index (χ2n) is 4.52. The Labute approximate surface area is 86.4 Å². The molecule has 0 aliphatic heterocycles. The van der Waals surface area contributed by atoms with Gasteiger partial charge in [-0.15, -0.1) is 0 Å². The number of nitrogens with one attached hydrogen (secondary N) is 1. The smallest absolute Gasteiger partial charge is 0.240 e. The molecule has 0 radical (unpaired) electrons. The predicted octanol–water partition coefficient (Wildman–Crippen LogP) is 1.42. The summed E-state index contributed by atoms with van der Waals surface area (Å²) in [5, 5.41) is 2.92. The SMILES string of the molecule is CCCCCNC(=O)C(C)(N)C1CC1. The molecule has 3 heteroatoms. The quantitative estimate of drug-likeness (QED) is 0.634. The van der Waals surface area contributed by atoms with E-state index in [1.165, 1.54) is 12.8 Å². The number of hydrogen-bond acceptors (Lipinski definition) is 2. The van der Waals surface area contributed by atoms with Crippen LogP contribution in [0.5, 0.6) is 0 Å². The molecular formula is C11H22N2O. The molecule has 0 spiro atoms. The highest BCUT2D eigenvalue weighted by Crippen LogP contribution is 2.38. The number of amides is 1. The van der Waals surface area contributed by atoms with E-state index in [1.54, 1.807) is 0 Å². The van der Waals surface area contributed by atoms with Gasteiger partial charge in [-0.25, -0.2) is 0 Å². The molecule has 1 amide bonds. The van der Waals surface area contributed by atoms with Crippen LogP contribution in [0.3, 0.4) is 0 Å². The Balaban J connectivity index is 2.20. The van der Waals surface area contributed by atoms with E-state index in [-0.39, 0.29) is 5.91 Å². The second kappa shape index (κ2) is 4.78. The van der Waals surface area contributed by atoms with Crippen LogP contribution in [0.1, 0.15) is 46.0 Å². The van der Waals surface area contributed by atoms with E-state index >= 15 is 0 Å². The molecule has 3 nitrogen and oxygen atoms in total. The Kier molecular flexibility index (Phi) is 3.93. The molecule has 1 unspecified atom stereocenters. The van der Waals surface area contributed by atoms with Crippen LogP contribution in [-0.4, -0.2) is 18.0 Å². The second-order valence-corrected chi connectivity index (χ2v) is 4.52. The zero-order valence-corrected chi connectivity index (χ0v) is 9.31. The number of nitrogens with two attached hydrogens (primary N) is 1. The van der Waals surface area contributed by atoms with Crippen molar-refractivity contribution in [1.82, 2.24) is 5.32 Å². The minimum Gasteiger partial charge on any atom is -0.355 e. The van der Waals surface area contributed by atoms with Crippen molar-refractivity contribution in [2.45, 2.75) is 51.5 Å². The summed E-state index contributed by atoms with van der Waals surface area (Å²) in [5.41, 5.74) is 5.34. The summed E-state index contributed by atoms with van der Waals surface area (Å²) in [7, 11) is 0. The molecule has 0 bridgehead atoms. The maximum atomic E-state index is 11.7. The first-order valence-electron chi connectivity index (χ1n) is 5.66. The number of carbonyl (C=O) groups excluding carboxylic acids is 1. The average Bonchev–Trinajstić information content (AvgIpc) is 2.94. The fourth-order valence-corrected chi connectivity index (χ4v) is 1.64. The zero-order chi connectivity index (χ0) is 10.6. The first-order chi connectivity index (χ1) is 6.59. The van der Waals surface area contributed by atoms with E-state index in [4.69, 9.17) is 5.73 Å². The van der Waals surface area contributed by atoms with Gasteiger partial charge in [-0.05, 0) is 32.1 Å². The van der Waals surface area contributed by atoms with Crippen LogP contribution in [-0.2, 0) is 4.79 Å². The molecular weight excluding hydrogens is 176 g/mol. The van der Waals surface area contributed by atoms with E-state index in [0.717, 1.165) is 25.8 Å². The van der Waals surface area contributed by atoms with Crippen LogP contribution >= 0.6 is 0 Å². The van der Waals surface area contributed by atoms with Crippen molar-refractivity contribution in [1.29, 1.82) is 0 Å². The van der Waals surface area contributed by atoms with E-state index in [0.29, 0.717) is 5.92 Å². The lowest BCUT2D eigenvalue weighted by Gasteiger charge is -2.23. The molecule has 0 saturated heterocycles. The molecule has 82 valence electrons. The Bertz CT molecular complexity index is 197. The van der Waals surface area contributed by atoms with E-state index in [2.05, 4.69) is 12.2 Å². The molecule has 1 atom stereocenters. The van der Waals surface area contributed by atoms with Gasteiger partial charge in [0.2, 0.25) is 5.91 Å². The summed E-state index contributed by atoms with van der Waals surface area (Å²) in [6, 6.07) is 0. The molecule has 1 fully saturated rings. The lowest BCUT2D eigenvalue weighted by molar-refractivity contribution is -0.126. The molecule has 14 heavy (non-hydrogen) atoms. The van der Waals surface area contributed by atoms with Gasteiger partial charge in [0.1, 0.15) is 0 Å². The lowest BCUT2D eigenvalue weighted by Crippen LogP contribution is -2.53. The van der Waals surface area contributed by atoms with Crippen LogP contribution in [0.4, 0.5) is 0 Å². The molecule has 0 aromatic carbocycles. The fraction of sp³-hybridized carbons (Fsp3) is 0.909. The number of unbranched alkanes of at least 4 members (excludes halogenated alkanes) is 2. The van der Waals surface area contributed by atoms with Crippen molar-refractivity contribution < 1.29 is 4.79 Å². The van der Waals surface area contributed by atoms with Crippen molar-refractivity contribution in [3.63, 3.8) is 0 Å². The van der Waals surface area contributed by atoms with Crippen molar-refractivity contribution >= 4 is 5.91 Å². The van der Waals surface area contributed by atoms with Crippen LogP contribution < -0.4 is 11.1 Å². The van der Waals surface area contributed by atoms with Gasteiger partial charge in [-0.1, -0.05) is 19.8 Å². The van der Waals surface area contributed by atoms with Crippen LogP contribution in [0.25, 0.3) is 0 Å². The first kappa shape index (κ1) is 11.5. The molecule has 0 aromatic heterocycles. The van der Waals surface area contributed by atoms with Crippen LogP contribution in [0, 0.1) is 5.92 Å². The minimum absolute atomic E-state index is 0.0242. The fourth-order valence-electron chi connectivity index (χ4n) is 1.64. The molecule has 0 aromatic rings. The molecule has 1 rings (SSSR count). The zero-order valence-electron chi connectivity index (χ0n) is 9.31. The minimum atomic E-state index is -0.633. The predicted molar refractivity (Wildman–Crippen MR) is 57.9 cm³/mol. The Hall–Kier alpha value is -0.570. The maximum absolute atomic E-state index is 11.7. The number of rotatable bonds is 6. The van der Waals surface area contributed by atoms with Crippen molar-refractivity contribution in [3.8, 4) is 0 Å². The summed E-state index contributed by atoms with van der Waals surface area (Å²) in [4.78, 5) is 11.7. The lowest BCUT2D eigenvalue weighted by atomic mass is 9.96. The number of hydrogen-bond donors (Lipinski definition) is 2. The summed E-state index contributed by atoms with van der Waals surface area (Å²) < 4.78 is 0. The third-order valence-electron chi connectivity index (χ3n) is 2.98. The highest BCUT2D eigenvalue weighted by Gasteiger charge is 2.43. The Morgan fingerprint density at radius 1 is 1.50 bits per heavy atom. The molecule has 3 N–H and O–H groups in total. The third-order valence-corrected chi connectivity index (χ3v) is 2.98. The van der Waals surface area contributed by atoms with Gasteiger partial charge in [0.25, 0.3) is 0 Å². The van der Waals surface area contributed by atoms with E-state index in [9.17, 15) is 4.79 Å². The molecule has 1 saturated carbocycles. The van der Waals surface area contributed by atoms with Gasteiger partial charge in [-0.3, -0.25) is 4.79 Å². The monoisotopic (exact) mass is 198 g/mol. The number of carbonyl (C=O) groups is 1. The van der Waals surface area contributed by atoms with E-state index < -0.39 is 5.54 Å². The van der Waals surface area contributed by atoms with Crippen molar-refractivity contribution in [2.75, 3.05) is 6.54 Å². The topological polar surface area (TPSA) is 55.1 Å². The summed E-state index contributed by atoms with van der Waals surface area (Å²) >= 11 is 0. The highest BCUT2D eigenvalue weighted by molar-refractivity contribution is 5.86. The summed E-state index contributed by atoms with van der Waals surface area (Å²) in [5.74, 6) is 0.435. The third kappa shape index (κ3) is 2.98. The van der Waals surface area contributed by atoms with Gasteiger partial charge in [0, 0.05) is 6.54 Å². The van der Waals surface area contributed by atoms with Gasteiger partial charge >= 0.3 is 0 Å². The molecule has 0 heterocycles.